The number of amides is 2. The molecule has 3 aliphatic rings. The summed E-state index contributed by atoms with van der Waals surface area (Å²) in [4.78, 5) is 28.3. The second-order valence-electron chi connectivity index (χ2n) is 8.55. The molecule has 5 rings (SSSR count). The fraction of sp³-hybridized carbons (Fsp3) is 0.360. The summed E-state index contributed by atoms with van der Waals surface area (Å²) in [5, 5.41) is 16.6. The zero-order valence-corrected chi connectivity index (χ0v) is 18.7. The first kappa shape index (κ1) is 22.4. The van der Waals surface area contributed by atoms with Crippen LogP contribution in [0.5, 0.6) is 5.75 Å². The summed E-state index contributed by atoms with van der Waals surface area (Å²) in [5.41, 5.74) is 2.87. The van der Waals surface area contributed by atoms with Gasteiger partial charge in [0.2, 0.25) is 11.8 Å². The standard InChI is InChI=1S/C25H28N4O5/c30-19(12-28-10-11-33-15-22(28)31)14-34-20-8-6-17(7-9-20)21-13-29(18-4-2-1-3-5-18)24-23(21)25(32)27-16-26-24/h1-9,13,19,23-24,26,30H,10-12,14-16H2,(H,27,32). The Morgan fingerprint density at radius 1 is 1.12 bits per heavy atom. The average molecular weight is 465 g/mol. The Morgan fingerprint density at radius 3 is 2.68 bits per heavy atom. The number of nitrogens with one attached hydrogen (secondary N) is 2. The molecule has 3 unspecified atom stereocenters. The largest absolute Gasteiger partial charge is 0.491 e. The minimum atomic E-state index is -0.795. The van der Waals surface area contributed by atoms with Crippen LogP contribution >= 0.6 is 0 Å². The molecule has 2 aromatic rings. The maximum atomic E-state index is 12.8. The highest BCUT2D eigenvalue weighted by molar-refractivity contribution is 5.96. The minimum Gasteiger partial charge on any atom is -0.491 e. The van der Waals surface area contributed by atoms with E-state index >= 15 is 0 Å². The fourth-order valence-electron chi connectivity index (χ4n) is 4.57. The van der Waals surface area contributed by atoms with Gasteiger partial charge < -0.3 is 29.7 Å². The molecule has 3 aliphatic heterocycles. The number of fused-ring (bicyclic) bond motifs is 1. The molecule has 0 bridgehead atoms. The summed E-state index contributed by atoms with van der Waals surface area (Å²) >= 11 is 0. The van der Waals surface area contributed by atoms with E-state index in [2.05, 4.69) is 15.5 Å². The van der Waals surface area contributed by atoms with E-state index in [4.69, 9.17) is 9.47 Å². The predicted molar refractivity (Wildman–Crippen MR) is 126 cm³/mol. The van der Waals surface area contributed by atoms with Gasteiger partial charge in [0, 0.05) is 18.4 Å². The van der Waals surface area contributed by atoms with Gasteiger partial charge in [-0.25, -0.2) is 0 Å². The fourth-order valence-corrected chi connectivity index (χ4v) is 4.57. The molecule has 3 heterocycles. The van der Waals surface area contributed by atoms with Gasteiger partial charge in [-0.05, 0) is 35.4 Å². The van der Waals surface area contributed by atoms with E-state index in [1.807, 2.05) is 60.8 Å². The van der Waals surface area contributed by atoms with Crippen LogP contribution in [-0.4, -0.2) is 73.7 Å². The molecule has 2 aromatic carbocycles. The molecule has 3 N–H and O–H groups in total. The third-order valence-electron chi connectivity index (χ3n) is 6.28. The van der Waals surface area contributed by atoms with E-state index in [-0.39, 0.29) is 43.7 Å². The number of morpholine rings is 1. The highest BCUT2D eigenvalue weighted by atomic mass is 16.5. The van der Waals surface area contributed by atoms with Gasteiger partial charge in [-0.3, -0.25) is 14.9 Å². The lowest BCUT2D eigenvalue weighted by atomic mass is 9.91. The highest BCUT2D eigenvalue weighted by Gasteiger charge is 2.43. The third-order valence-corrected chi connectivity index (χ3v) is 6.28. The molecule has 0 spiro atoms. The number of carbonyl (C=O) groups is 2. The van der Waals surface area contributed by atoms with Crippen molar-refractivity contribution in [2.24, 2.45) is 5.92 Å². The molecule has 9 nitrogen and oxygen atoms in total. The van der Waals surface area contributed by atoms with Crippen molar-refractivity contribution in [3.63, 3.8) is 0 Å². The molecule has 0 radical (unpaired) electrons. The number of benzene rings is 2. The zero-order chi connectivity index (χ0) is 23.5. The van der Waals surface area contributed by atoms with Crippen molar-refractivity contribution in [1.82, 2.24) is 15.5 Å². The molecule has 2 amide bonds. The van der Waals surface area contributed by atoms with E-state index in [1.165, 1.54) is 0 Å². The zero-order valence-electron chi connectivity index (χ0n) is 18.7. The Labute approximate surface area is 197 Å². The molecule has 3 atom stereocenters. The number of rotatable bonds is 7. The summed E-state index contributed by atoms with van der Waals surface area (Å²) < 4.78 is 10.8. The molecule has 2 fully saturated rings. The second-order valence-corrected chi connectivity index (χ2v) is 8.55. The molecular weight excluding hydrogens is 436 g/mol. The average Bonchev–Trinajstić information content (AvgIpc) is 3.26. The first-order valence-electron chi connectivity index (χ1n) is 11.4. The SMILES string of the molecule is O=C1NCNC2C1C(c1ccc(OCC(O)CN3CCOCC3=O)cc1)=CN2c1ccccc1. The van der Waals surface area contributed by atoms with Gasteiger partial charge in [0.25, 0.3) is 0 Å². The van der Waals surface area contributed by atoms with Gasteiger partial charge in [-0.2, -0.15) is 0 Å². The first-order chi connectivity index (χ1) is 16.6. The highest BCUT2D eigenvalue weighted by Crippen LogP contribution is 2.38. The maximum Gasteiger partial charge on any atom is 0.248 e. The predicted octanol–water partition coefficient (Wildman–Crippen LogP) is 0.765. The quantitative estimate of drug-likeness (QED) is 0.556. The number of aliphatic hydroxyl groups is 1. The summed E-state index contributed by atoms with van der Waals surface area (Å²) in [7, 11) is 0. The van der Waals surface area contributed by atoms with Crippen molar-refractivity contribution < 1.29 is 24.2 Å². The van der Waals surface area contributed by atoms with Crippen LogP contribution in [0.3, 0.4) is 0 Å². The van der Waals surface area contributed by atoms with E-state index in [0.29, 0.717) is 25.6 Å². The van der Waals surface area contributed by atoms with E-state index in [9.17, 15) is 14.7 Å². The Bertz CT molecular complexity index is 1060. The van der Waals surface area contributed by atoms with Crippen molar-refractivity contribution in [1.29, 1.82) is 0 Å². The molecule has 9 heteroatoms. The van der Waals surface area contributed by atoms with Crippen LogP contribution in [0.15, 0.2) is 60.8 Å². The second kappa shape index (κ2) is 9.84. The van der Waals surface area contributed by atoms with Crippen molar-refractivity contribution in [3.05, 3.63) is 66.4 Å². The normalized spacial score (nSPS) is 23.3. The first-order valence-corrected chi connectivity index (χ1v) is 11.4. The van der Waals surface area contributed by atoms with E-state index in [0.717, 1.165) is 16.8 Å². The van der Waals surface area contributed by atoms with Crippen LogP contribution in [0, 0.1) is 5.92 Å². The molecule has 0 aliphatic carbocycles. The van der Waals surface area contributed by atoms with E-state index < -0.39 is 6.10 Å². The molecule has 0 saturated carbocycles. The summed E-state index contributed by atoms with van der Waals surface area (Å²) in [6.07, 6.45) is 1.08. The Balaban J connectivity index is 1.26. The molecular formula is C25H28N4O5. The summed E-state index contributed by atoms with van der Waals surface area (Å²) in [6, 6.07) is 17.5. The Hall–Kier alpha value is -3.40. The van der Waals surface area contributed by atoms with Crippen molar-refractivity contribution >= 4 is 23.1 Å². The van der Waals surface area contributed by atoms with Crippen LogP contribution in [-0.2, 0) is 14.3 Å². The van der Waals surface area contributed by atoms with Gasteiger partial charge >= 0.3 is 0 Å². The minimum absolute atomic E-state index is 0.00506. The number of anilines is 1. The van der Waals surface area contributed by atoms with Crippen molar-refractivity contribution in [2.75, 3.05) is 44.5 Å². The molecule has 0 aromatic heterocycles. The maximum absolute atomic E-state index is 12.8. The van der Waals surface area contributed by atoms with Gasteiger partial charge in [-0.1, -0.05) is 30.3 Å². The van der Waals surface area contributed by atoms with Crippen LogP contribution in [0.25, 0.3) is 5.57 Å². The van der Waals surface area contributed by atoms with E-state index in [1.54, 1.807) is 4.90 Å². The summed E-state index contributed by atoms with van der Waals surface area (Å²) in [5.74, 6) is 0.143. The van der Waals surface area contributed by atoms with Gasteiger partial charge in [0.15, 0.2) is 0 Å². The Morgan fingerprint density at radius 2 is 1.91 bits per heavy atom. The lowest BCUT2D eigenvalue weighted by molar-refractivity contribution is -0.144. The monoisotopic (exact) mass is 464 g/mol. The van der Waals surface area contributed by atoms with Crippen LogP contribution in [0.2, 0.25) is 0 Å². The van der Waals surface area contributed by atoms with Gasteiger partial charge in [0.1, 0.15) is 31.2 Å². The van der Waals surface area contributed by atoms with Gasteiger partial charge in [-0.15, -0.1) is 0 Å². The molecule has 178 valence electrons. The van der Waals surface area contributed by atoms with Crippen LogP contribution < -0.4 is 20.3 Å². The molecule has 34 heavy (non-hydrogen) atoms. The smallest absolute Gasteiger partial charge is 0.248 e. The number of ether oxygens (including phenoxy) is 2. The lowest BCUT2D eigenvalue weighted by Crippen LogP contribution is -2.58. The number of nitrogens with zero attached hydrogens (tertiary/aromatic N) is 2. The number of β-amino-alcohol motifs (C(OH)–C–C–N with tert-alkyl or cyclic N) is 1. The van der Waals surface area contributed by atoms with Crippen molar-refractivity contribution in [3.8, 4) is 5.75 Å². The summed E-state index contributed by atoms with van der Waals surface area (Å²) in [6.45, 7) is 1.73. The number of para-hydroxylation sites is 1. The third kappa shape index (κ3) is 4.63. The topological polar surface area (TPSA) is 103 Å². The number of hydrogen-bond acceptors (Lipinski definition) is 7. The molecule has 2 saturated heterocycles. The number of aliphatic hydroxyl groups excluding tert-OH is 1. The Kier molecular flexibility index (Phi) is 6.48. The number of carbonyl (C=O) groups excluding carboxylic acids is 2. The van der Waals surface area contributed by atoms with Gasteiger partial charge in [0.05, 0.1) is 25.7 Å². The van der Waals surface area contributed by atoms with Crippen LogP contribution in [0.4, 0.5) is 5.69 Å². The lowest BCUT2D eigenvalue weighted by Gasteiger charge is -2.34. The van der Waals surface area contributed by atoms with Crippen molar-refractivity contribution in [2.45, 2.75) is 12.3 Å². The number of hydrogen-bond donors (Lipinski definition) is 3. The van der Waals surface area contributed by atoms with Crippen LogP contribution in [0.1, 0.15) is 5.56 Å².